The molecule has 0 aromatic heterocycles. The molecule has 4 heteroatoms. The summed E-state index contributed by atoms with van der Waals surface area (Å²) in [6.45, 7) is 0. The number of nitrogens with two attached hydrogens (primary N) is 1. The molecule has 0 bridgehead atoms. The minimum atomic E-state index is -0.325. The number of para-hydroxylation sites is 1. The summed E-state index contributed by atoms with van der Waals surface area (Å²) in [5.74, 6) is 1.20. The first kappa shape index (κ1) is 15.1. The third-order valence-corrected chi connectivity index (χ3v) is 4.53. The van der Waals surface area contributed by atoms with Crippen molar-refractivity contribution in [3.8, 4) is 17.6 Å². The number of nitrogens with zero attached hydrogens (tertiary/aromatic N) is 1. The van der Waals surface area contributed by atoms with Gasteiger partial charge in [0.25, 0.3) is 0 Å². The Hall–Kier alpha value is -3.45. The van der Waals surface area contributed by atoms with E-state index in [1.54, 1.807) is 7.11 Å². The van der Waals surface area contributed by atoms with Gasteiger partial charge in [0.15, 0.2) is 0 Å². The molecule has 2 N–H and O–H groups in total. The molecule has 3 aromatic carbocycles. The van der Waals surface area contributed by atoms with Gasteiger partial charge in [-0.15, -0.1) is 0 Å². The van der Waals surface area contributed by atoms with Crippen molar-refractivity contribution in [1.29, 1.82) is 5.26 Å². The zero-order valence-electron chi connectivity index (χ0n) is 13.7. The summed E-state index contributed by atoms with van der Waals surface area (Å²) in [4.78, 5) is 0. The molecule has 0 spiro atoms. The van der Waals surface area contributed by atoms with Crippen molar-refractivity contribution in [2.75, 3.05) is 7.11 Å². The van der Waals surface area contributed by atoms with Gasteiger partial charge in [0.1, 0.15) is 23.1 Å². The summed E-state index contributed by atoms with van der Waals surface area (Å²) in [5.41, 5.74) is 8.26. The van der Waals surface area contributed by atoms with Gasteiger partial charge in [-0.2, -0.15) is 5.26 Å². The highest BCUT2D eigenvalue weighted by Gasteiger charge is 2.32. The van der Waals surface area contributed by atoms with Crippen LogP contribution >= 0.6 is 0 Å². The van der Waals surface area contributed by atoms with Crippen LogP contribution in [0.5, 0.6) is 11.5 Å². The van der Waals surface area contributed by atoms with E-state index in [9.17, 15) is 5.26 Å². The summed E-state index contributed by atoms with van der Waals surface area (Å²) < 4.78 is 11.3. The molecular weight excluding hydrogens is 312 g/mol. The van der Waals surface area contributed by atoms with Gasteiger partial charge >= 0.3 is 0 Å². The first-order valence-corrected chi connectivity index (χ1v) is 7.96. The van der Waals surface area contributed by atoms with Crippen molar-refractivity contribution in [2.24, 2.45) is 5.73 Å². The van der Waals surface area contributed by atoms with Crippen LogP contribution in [0.15, 0.2) is 72.1 Å². The summed E-state index contributed by atoms with van der Waals surface area (Å²) in [7, 11) is 1.62. The molecule has 0 amide bonds. The van der Waals surface area contributed by atoms with Crippen molar-refractivity contribution in [2.45, 2.75) is 5.92 Å². The molecule has 1 atom stereocenters. The van der Waals surface area contributed by atoms with Gasteiger partial charge in [-0.05, 0) is 29.0 Å². The van der Waals surface area contributed by atoms with Gasteiger partial charge in [-0.3, -0.25) is 0 Å². The Balaban J connectivity index is 2.02. The highest BCUT2D eigenvalue weighted by Crippen LogP contribution is 2.45. The maximum atomic E-state index is 9.69. The molecule has 0 radical (unpaired) electrons. The second-order valence-electron chi connectivity index (χ2n) is 5.90. The molecule has 0 unspecified atom stereocenters. The van der Waals surface area contributed by atoms with Gasteiger partial charge in [0, 0.05) is 11.1 Å². The average Bonchev–Trinajstić information content (AvgIpc) is 2.65. The van der Waals surface area contributed by atoms with Gasteiger partial charge in [0.05, 0.1) is 13.0 Å². The lowest BCUT2D eigenvalue weighted by molar-refractivity contribution is 0.387. The van der Waals surface area contributed by atoms with Crippen molar-refractivity contribution in [3.05, 3.63) is 83.2 Å². The maximum absolute atomic E-state index is 9.69. The fourth-order valence-corrected chi connectivity index (χ4v) is 3.37. The van der Waals surface area contributed by atoms with E-state index in [-0.39, 0.29) is 11.8 Å². The van der Waals surface area contributed by atoms with Gasteiger partial charge in [-0.25, -0.2) is 0 Å². The highest BCUT2D eigenvalue weighted by molar-refractivity contribution is 5.86. The van der Waals surface area contributed by atoms with E-state index in [0.717, 1.165) is 21.9 Å². The standard InChI is InChI=1S/C21H16N2O2/c1-24-18-9-5-4-8-15(18)20-16-10-13-6-2-3-7-14(13)11-19(16)25-21(23)17(20)12-22/h2-11,20H,23H2,1H3/t20-/m1/s1. The zero-order valence-corrected chi connectivity index (χ0v) is 13.7. The number of benzene rings is 3. The molecule has 1 heterocycles. The van der Waals surface area contributed by atoms with E-state index in [1.807, 2.05) is 54.6 Å². The van der Waals surface area contributed by atoms with Crippen LogP contribution < -0.4 is 15.2 Å². The van der Waals surface area contributed by atoms with Crippen LogP contribution in [0.3, 0.4) is 0 Å². The second-order valence-corrected chi connectivity index (χ2v) is 5.90. The minimum Gasteiger partial charge on any atom is -0.496 e. The largest absolute Gasteiger partial charge is 0.496 e. The molecule has 25 heavy (non-hydrogen) atoms. The topological polar surface area (TPSA) is 68.3 Å². The molecule has 4 rings (SSSR count). The fraction of sp³-hybridized carbons (Fsp3) is 0.0952. The Morgan fingerprint density at radius 2 is 1.68 bits per heavy atom. The molecule has 0 fully saturated rings. The SMILES string of the molecule is COc1ccccc1[C@H]1C(C#N)=C(N)Oc2cc3ccccc3cc21. The second kappa shape index (κ2) is 5.88. The van der Waals surface area contributed by atoms with E-state index in [0.29, 0.717) is 17.1 Å². The van der Waals surface area contributed by atoms with Crippen molar-refractivity contribution in [1.82, 2.24) is 0 Å². The van der Waals surface area contributed by atoms with E-state index < -0.39 is 0 Å². The monoisotopic (exact) mass is 328 g/mol. The van der Waals surface area contributed by atoms with E-state index in [2.05, 4.69) is 12.1 Å². The lowest BCUT2D eigenvalue weighted by Gasteiger charge is -2.27. The molecule has 1 aliphatic heterocycles. The Bertz CT molecular complexity index is 1050. The summed E-state index contributed by atoms with van der Waals surface area (Å²) in [6.07, 6.45) is 0. The van der Waals surface area contributed by atoms with Crippen LogP contribution in [0.2, 0.25) is 0 Å². The highest BCUT2D eigenvalue weighted by atomic mass is 16.5. The smallest absolute Gasteiger partial charge is 0.205 e. The minimum absolute atomic E-state index is 0.140. The normalized spacial score (nSPS) is 16.1. The third-order valence-electron chi connectivity index (χ3n) is 4.53. The predicted octanol–water partition coefficient (Wildman–Crippen LogP) is 4.07. The molecule has 122 valence electrons. The van der Waals surface area contributed by atoms with E-state index >= 15 is 0 Å². The number of methoxy groups -OCH3 is 1. The van der Waals surface area contributed by atoms with Crippen LogP contribution in [-0.4, -0.2) is 7.11 Å². The fourth-order valence-electron chi connectivity index (χ4n) is 3.37. The first-order chi connectivity index (χ1) is 12.2. The van der Waals surface area contributed by atoms with Crippen LogP contribution in [-0.2, 0) is 0 Å². The van der Waals surface area contributed by atoms with Crippen molar-refractivity contribution < 1.29 is 9.47 Å². The average molecular weight is 328 g/mol. The first-order valence-electron chi connectivity index (χ1n) is 7.96. The Morgan fingerprint density at radius 3 is 2.40 bits per heavy atom. The summed E-state index contributed by atoms with van der Waals surface area (Å²) in [6, 6.07) is 22.0. The number of ether oxygens (including phenoxy) is 2. The van der Waals surface area contributed by atoms with Gasteiger partial charge < -0.3 is 15.2 Å². The third kappa shape index (κ3) is 2.38. The molecule has 4 nitrogen and oxygen atoms in total. The van der Waals surface area contributed by atoms with E-state index in [4.69, 9.17) is 15.2 Å². The number of hydrogen-bond acceptors (Lipinski definition) is 4. The lowest BCUT2D eigenvalue weighted by Crippen LogP contribution is -2.21. The molecule has 0 aliphatic carbocycles. The number of fused-ring (bicyclic) bond motifs is 2. The number of hydrogen-bond donors (Lipinski definition) is 1. The van der Waals surface area contributed by atoms with E-state index in [1.165, 1.54) is 0 Å². The van der Waals surface area contributed by atoms with Crippen molar-refractivity contribution in [3.63, 3.8) is 0 Å². The van der Waals surface area contributed by atoms with Gasteiger partial charge in [0.2, 0.25) is 5.88 Å². The van der Waals surface area contributed by atoms with Crippen LogP contribution in [0.25, 0.3) is 10.8 Å². The molecule has 0 saturated carbocycles. The quantitative estimate of drug-likeness (QED) is 0.770. The summed E-state index contributed by atoms with van der Waals surface area (Å²) in [5, 5.41) is 11.8. The Kier molecular flexibility index (Phi) is 3.55. The van der Waals surface area contributed by atoms with Crippen molar-refractivity contribution >= 4 is 10.8 Å². The maximum Gasteiger partial charge on any atom is 0.205 e. The van der Waals surface area contributed by atoms with Crippen LogP contribution in [0.4, 0.5) is 0 Å². The van der Waals surface area contributed by atoms with Crippen LogP contribution in [0, 0.1) is 11.3 Å². The molecule has 0 saturated heterocycles. The van der Waals surface area contributed by atoms with Crippen LogP contribution in [0.1, 0.15) is 17.0 Å². The Labute approximate surface area is 145 Å². The number of allylic oxidation sites excluding steroid dienone is 1. The predicted molar refractivity (Wildman–Crippen MR) is 96.2 cm³/mol. The molecular formula is C21H16N2O2. The molecule has 1 aliphatic rings. The number of nitriles is 1. The Morgan fingerprint density at radius 1 is 1.00 bits per heavy atom. The van der Waals surface area contributed by atoms with Gasteiger partial charge in [-0.1, -0.05) is 42.5 Å². The zero-order chi connectivity index (χ0) is 17.4. The lowest BCUT2D eigenvalue weighted by atomic mass is 9.82. The molecule has 3 aromatic rings. The summed E-state index contributed by atoms with van der Waals surface area (Å²) >= 11 is 0. The number of rotatable bonds is 2.